The van der Waals surface area contributed by atoms with E-state index >= 15 is 0 Å². The highest BCUT2D eigenvalue weighted by atomic mass is 16.5. The lowest BCUT2D eigenvalue weighted by Crippen LogP contribution is -2.17. The van der Waals surface area contributed by atoms with Crippen molar-refractivity contribution in [3.05, 3.63) is 60.0 Å². The molecule has 5 heteroatoms. The lowest BCUT2D eigenvalue weighted by Gasteiger charge is -2.11. The fourth-order valence-corrected chi connectivity index (χ4v) is 2.57. The highest BCUT2D eigenvalue weighted by Gasteiger charge is 2.05. The number of hydrogen-bond acceptors (Lipinski definition) is 4. The quantitative estimate of drug-likeness (QED) is 0.682. The molecule has 120 valence electrons. The number of nitrogens with zero attached hydrogens (tertiary/aromatic N) is 2. The smallest absolute Gasteiger partial charge is 0.136 e. The zero-order chi connectivity index (χ0) is 16.1. The lowest BCUT2D eigenvalue weighted by molar-refractivity contribution is 0.397. The van der Waals surface area contributed by atoms with E-state index in [0.29, 0.717) is 0 Å². The van der Waals surface area contributed by atoms with Crippen molar-refractivity contribution >= 4 is 5.65 Å². The molecule has 2 aromatic heterocycles. The third kappa shape index (κ3) is 3.63. The van der Waals surface area contributed by atoms with Gasteiger partial charge in [0.05, 0.1) is 19.9 Å². The summed E-state index contributed by atoms with van der Waals surface area (Å²) in [5, 5.41) is 3.44. The SMILES string of the molecule is COc1ccc(OC)c(CNCCc2cn3ccccc3n2)c1. The standard InChI is InChI=1S/C18H21N3O2/c1-22-16-6-7-17(23-2)14(11-16)12-19-9-8-15-13-21-10-4-3-5-18(21)20-15/h3-7,10-11,13,19H,8-9,12H2,1-2H3. The fraction of sp³-hybridized carbons (Fsp3) is 0.278. The summed E-state index contributed by atoms with van der Waals surface area (Å²) in [6.07, 6.45) is 4.97. The van der Waals surface area contributed by atoms with Crippen LogP contribution in [0.15, 0.2) is 48.8 Å². The van der Waals surface area contributed by atoms with Crippen molar-refractivity contribution in [2.24, 2.45) is 0 Å². The van der Waals surface area contributed by atoms with Crippen molar-refractivity contribution in [2.75, 3.05) is 20.8 Å². The van der Waals surface area contributed by atoms with E-state index in [0.717, 1.165) is 47.9 Å². The van der Waals surface area contributed by atoms with Gasteiger partial charge in [-0.15, -0.1) is 0 Å². The first-order chi connectivity index (χ1) is 11.3. The number of nitrogens with one attached hydrogen (secondary N) is 1. The normalized spacial score (nSPS) is 10.9. The van der Waals surface area contributed by atoms with Gasteiger partial charge in [0.1, 0.15) is 17.1 Å². The molecule has 2 heterocycles. The van der Waals surface area contributed by atoms with Gasteiger partial charge < -0.3 is 19.2 Å². The Morgan fingerprint density at radius 1 is 1.13 bits per heavy atom. The second kappa shape index (κ2) is 7.15. The number of benzene rings is 1. The van der Waals surface area contributed by atoms with Crippen molar-refractivity contribution in [1.82, 2.24) is 14.7 Å². The van der Waals surface area contributed by atoms with Crippen LogP contribution in [0.1, 0.15) is 11.3 Å². The van der Waals surface area contributed by atoms with Crippen molar-refractivity contribution in [3.8, 4) is 11.5 Å². The summed E-state index contributed by atoms with van der Waals surface area (Å²) in [4.78, 5) is 4.60. The minimum atomic E-state index is 0.730. The summed E-state index contributed by atoms with van der Waals surface area (Å²) in [5.74, 6) is 1.70. The Morgan fingerprint density at radius 3 is 2.83 bits per heavy atom. The third-order valence-corrected chi connectivity index (χ3v) is 3.77. The van der Waals surface area contributed by atoms with Crippen molar-refractivity contribution < 1.29 is 9.47 Å². The van der Waals surface area contributed by atoms with E-state index in [9.17, 15) is 0 Å². The summed E-state index contributed by atoms with van der Waals surface area (Å²) < 4.78 is 12.7. The maximum Gasteiger partial charge on any atom is 0.136 e. The maximum absolute atomic E-state index is 5.39. The van der Waals surface area contributed by atoms with Gasteiger partial charge in [-0.05, 0) is 30.3 Å². The van der Waals surface area contributed by atoms with E-state index in [1.165, 1.54) is 0 Å². The Balaban J connectivity index is 1.57. The van der Waals surface area contributed by atoms with E-state index in [1.54, 1.807) is 14.2 Å². The Bertz CT molecular complexity index is 750. The predicted octanol–water partition coefficient (Wildman–Crippen LogP) is 2.68. The van der Waals surface area contributed by atoms with Crippen LogP contribution in [0.25, 0.3) is 5.65 Å². The average molecular weight is 311 g/mol. The molecule has 0 aliphatic carbocycles. The van der Waals surface area contributed by atoms with Gasteiger partial charge in [-0.3, -0.25) is 0 Å². The monoisotopic (exact) mass is 311 g/mol. The van der Waals surface area contributed by atoms with Gasteiger partial charge in [-0.2, -0.15) is 0 Å². The first kappa shape index (κ1) is 15.4. The summed E-state index contributed by atoms with van der Waals surface area (Å²) >= 11 is 0. The number of aromatic nitrogens is 2. The molecule has 23 heavy (non-hydrogen) atoms. The highest BCUT2D eigenvalue weighted by Crippen LogP contribution is 2.23. The van der Waals surface area contributed by atoms with Crippen LogP contribution in [0.3, 0.4) is 0 Å². The Morgan fingerprint density at radius 2 is 2.04 bits per heavy atom. The van der Waals surface area contributed by atoms with Gasteiger partial charge in [-0.25, -0.2) is 4.98 Å². The molecular weight excluding hydrogens is 290 g/mol. The number of ether oxygens (including phenoxy) is 2. The Labute approximate surface area is 135 Å². The summed E-state index contributed by atoms with van der Waals surface area (Å²) in [6.45, 7) is 1.58. The molecule has 0 aliphatic rings. The lowest BCUT2D eigenvalue weighted by atomic mass is 10.2. The third-order valence-electron chi connectivity index (χ3n) is 3.77. The first-order valence-corrected chi connectivity index (χ1v) is 7.64. The van der Waals surface area contributed by atoms with Gasteiger partial charge in [0, 0.05) is 37.5 Å². The van der Waals surface area contributed by atoms with Crippen molar-refractivity contribution in [2.45, 2.75) is 13.0 Å². The molecule has 0 saturated heterocycles. The molecule has 0 atom stereocenters. The van der Waals surface area contributed by atoms with Crippen LogP contribution >= 0.6 is 0 Å². The maximum atomic E-state index is 5.39. The second-order valence-electron chi connectivity index (χ2n) is 5.30. The fourth-order valence-electron chi connectivity index (χ4n) is 2.57. The highest BCUT2D eigenvalue weighted by molar-refractivity contribution is 5.40. The van der Waals surface area contributed by atoms with Gasteiger partial charge in [0.2, 0.25) is 0 Å². The van der Waals surface area contributed by atoms with Gasteiger partial charge in [-0.1, -0.05) is 6.07 Å². The molecule has 0 bridgehead atoms. The van der Waals surface area contributed by atoms with E-state index in [1.807, 2.05) is 47.0 Å². The molecule has 1 N–H and O–H groups in total. The second-order valence-corrected chi connectivity index (χ2v) is 5.30. The van der Waals surface area contributed by atoms with Crippen LogP contribution in [0.2, 0.25) is 0 Å². The molecule has 0 amide bonds. The van der Waals surface area contributed by atoms with E-state index in [2.05, 4.69) is 16.5 Å². The Hall–Kier alpha value is -2.53. The molecule has 0 fully saturated rings. The van der Waals surface area contributed by atoms with Crippen LogP contribution < -0.4 is 14.8 Å². The molecule has 0 aliphatic heterocycles. The molecule has 0 saturated carbocycles. The summed E-state index contributed by atoms with van der Waals surface area (Å²) in [5.41, 5.74) is 3.15. The Kier molecular flexibility index (Phi) is 4.78. The van der Waals surface area contributed by atoms with Crippen molar-refractivity contribution in [1.29, 1.82) is 0 Å². The molecule has 1 aromatic carbocycles. The molecule has 3 aromatic rings. The van der Waals surface area contributed by atoms with E-state index in [4.69, 9.17) is 9.47 Å². The van der Waals surface area contributed by atoms with Gasteiger partial charge in [0.15, 0.2) is 0 Å². The minimum Gasteiger partial charge on any atom is -0.497 e. The molecule has 3 rings (SSSR count). The zero-order valence-corrected chi connectivity index (χ0v) is 13.5. The number of methoxy groups -OCH3 is 2. The van der Waals surface area contributed by atoms with Crippen LogP contribution in [-0.4, -0.2) is 30.1 Å². The van der Waals surface area contributed by atoms with Crippen LogP contribution in [0.4, 0.5) is 0 Å². The van der Waals surface area contributed by atoms with Crippen molar-refractivity contribution in [3.63, 3.8) is 0 Å². The van der Waals surface area contributed by atoms with Gasteiger partial charge >= 0.3 is 0 Å². The molecule has 0 spiro atoms. The summed E-state index contributed by atoms with van der Waals surface area (Å²) in [6, 6.07) is 11.8. The van der Waals surface area contributed by atoms with Crippen LogP contribution in [0.5, 0.6) is 11.5 Å². The van der Waals surface area contributed by atoms with Gasteiger partial charge in [0.25, 0.3) is 0 Å². The molecule has 5 nitrogen and oxygen atoms in total. The predicted molar refractivity (Wildman–Crippen MR) is 90.1 cm³/mol. The number of fused-ring (bicyclic) bond motifs is 1. The number of rotatable bonds is 7. The largest absolute Gasteiger partial charge is 0.497 e. The average Bonchev–Trinajstić information content (AvgIpc) is 3.01. The minimum absolute atomic E-state index is 0.730. The summed E-state index contributed by atoms with van der Waals surface area (Å²) in [7, 11) is 3.35. The zero-order valence-electron chi connectivity index (χ0n) is 13.5. The number of imidazole rings is 1. The topological polar surface area (TPSA) is 47.8 Å². The van der Waals surface area contributed by atoms with E-state index < -0.39 is 0 Å². The van der Waals surface area contributed by atoms with Crippen LogP contribution in [0, 0.1) is 0 Å². The van der Waals surface area contributed by atoms with E-state index in [-0.39, 0.29) is 0 Å². The molecule has 0 radical (unpaired) electrons. The first-order valence-electron chi connectivity index (χ1n) is 7.64. The number of hydrogen-bond donors (Lipinski definition) is 1. The van der Waals surface area contributed by atoms with Crippen LogP contribution in [-0.2, 0) is 13.0 Å². The number of pyridine rings is 1. The molecule has 0 unspecified atom stereocenters. The molecular formula is C18H21N3O2.